The van der Waals surface area contributed by atoms with Gasteiger partial charge in [-0.05, 0) is 20.8 Å². The van der Waals surface area contributed by atoms with Crippen LogP contribution in [0.5, 0.6) is 0 Å². The summed E-state index contributed by atoms with van der Waals surface area (Å²) in [6, 6.07) is 0.303. The molecule has 0 unspecified atom stereocenters. The van der Waals surface area contributed by atoms with Crippen molar-refractivity contribution in [1.82, 2.24) is 15.5 Å². The van der Waals surface area contributed by atoms with Crippen molar-refractivity contribution < 1.29 is 4.79 Å². The predicted molar refractivity (Wildman–Crippen MR) is 78.4 cm³/mol. The van der Waals surface area contributed by atoms with Gasteiger partial charge in [0.05, 0.1) is 0 Å². The normalized spacial score (nSPS) is 10.8. The highest BCUT2D eigenvalue weighted by atomic mass is 127. The monoisotopic (exact) mass is 342 g/mol. The van der Waals surface area contributed by atoms with Crippen LogP contribution in [0.1, 0.15) is 20.8 Å². The number of hydrogen-bond donors (Lipinski definition) is 2. The number of hydrogen-bond acceptors (Lipinski definition) is 2. The van der Waals surface area contributed by atoms with E-state index in [-0.39, 0.29) is 36.4 Å². The lowest BCUT2D eigenvalue weighted by atomic mass is 10.4. The van der Waals surface area contributed by atoms with Crippen molar-refractivity contribution in [3.05, 3.63) is 0 Å². The Labute approximate surface area is 115 Å². The van der Waals surface area contributed by atoms with E-state index in [2.05, 4.69) is 15.6 Å². The SMILES string of the molecule is CCNC(=NCC(=O)N(C)C)NC(C)C.I. The predicted octanol–water partition coefficient (Wildman–Crippen LogP) is 0.656. The Morgan fingerprint density at radius 3 is 2.31 bits per heavy atom. The fourth-order valence-electron chi connectivity index (χ4n) is 0.882. The van der Waals surface area contributed by atoms with Gasteiger partial charge in [-0.3, -0.25) is 4.79 Å². The van der Waals surface area contributed by atoms with Crippen molar-refractivity contribution >= 4 is 35.8 Å². The highest BCUT2D eigenvalue weighted by Crippen LogP contribution is 1.83. The molecular weight excluding hydrogens is 319 g/mol. The highest BCUT2D eigenvalue weighted by Gasteiger charge is 2.04. The molecule has 0 radical (unpaired) electrons. The van der Waals surface area contributed by atoms with Crippen molar-refractivity contribution in [1.29, 1.82) is 0 Å². The molecule has 0 aliphatic rings. The zero-order valence-electron chi connectivity index (χ0n) is 10.7. The minimum absolute atomic E-state index is 0. The molecule has 0 rings (SSSR count). The highest BCUT2D eigenvalue weighted by molar-refractivity contribution is 14.0. The summed E-state index contributed by atoms with van der Waals surface area (Å²) < 4.78 is 0. The van der Waals surface area contributed by atoms with E-state index in [1.165, 1.54) is 4.90 Å². The Hall–Kier alpha value is -0.530. The van der Waals surface area contributed by atoms with E-state index < -0.39 is 0 Å². The summed E-state index contributed by atoms with van der Waals surface area (Å²) in [5, 5.41) is 6.22. The summed E-state index contributed by atoms with van der Waals surface area (Å²) in [6.07, 6.45) is 0. The molecule has 2 N–H and O–H groups in total. The summed E-state index contributed by atoms with van der Waals surface area (Å²) >= 11 is 0. The average Bonchev–Trinajstić information content (AvgIpc) is 2.13. The summed E-state index contributed by atoms with van der Waals surface area (Å²) in [5.74, 6) is 0.679. The van der Waals surface area contributed by atoms with Gasteiger partial charge in [-0.2, -0.15) is 0 Å². The summed E-state index contributed by atoms with van der Waals surface area (Å²) in [5.41, 5.74) is 0. The minimum Gasteiger partial charge on any atom is -0.357 e. The molecule has 0 saturated carbocycles. The molecule has 0 heterocycles. The topological polar surface area (TPSA) is 56.7 Å². The number of rotatable bonds is 4. The number of likely N-dealkylation sites (N-methyl/N-ethyl adjacent to an activating group) is 1. The van der Waals surface area contributed by atoms with Crippen molar-refractivity contribution in [2.75, 3.05) is 27.2 Å². The fourth-order valence-corrected chi connectivity index (χ4v) is 0.882. The van der Waals surface area contributed by atoms with Gasteiger partial charge in [0.1, 0.15) is 6.54 Å². The Kier molecular flexibility index (Phi) is 10.8. The number of guanidine groups is 1. The third kappa shape index (κ3) is 8.75. The van der Waals surface area contributed by atoms with Gasteiger partial charge in [0, 0.05) is 26.7 Å². The van der Waals surface area contributed by atoms with Gasteiger partial charge in [-0.1, -0.05) is 0 Å². The van der Waals surface area contributed by atoms with Gasteiger partial charge in [0.2, 0.25) is 5.91 Å². The molecule has 0 aliphatic carbocycles. The van der Waals surface area contributed by atoms with Crippen molar-refractivity contribution in [3.63, 3.8) is 0 Å². The number of aliphatic imine (C=N–C) groups is 1. The van der Waals surface area contributed by atoms with Crippen LogP contribution in [-0.2, 0) is 4.79 Å². The molecule has 96 valence electrons. The molecule has 0 fully saturated rings. The standard InChI is InChI=1S/C10H22N4O.HI/c1-6-11-10(13-8(2)3)12-7-9(15)14(4)5;/h8H,6-7H2,1-5H3,(H2,11,12,13);1H. The van der Waals surface area contributed by atoms with Gasteiger partial charge in [0.25, 0.3) is 0 Å². The molecule has 0 aromatic rings. The third-order valence-electron chi connectivity index (χ3n) is 1.64. The second-order valence-electron chi connectivity index (χ2n) is 3.78. The maximum absolute atomic E-state index is 11.3. The van der Waals surface area contributed by atoms with Crippen LogP contribution in [-0.4, -0.2) is 50.0 Å². The lowest BCUT2D eigenvalue weighted by Gasteiger charge is -2.14. The van der Waals surface area contributed by atoms with Crippen LogP contribution in [0, 0.1) is 0 Å². The van der Waals surface area contributed by atoms with Crippen LogP contribution >= 0.6 is 24.0 Å². The Morgan fingerprint density at radius 1 is 1.38 bits per heavy atom. The molecule has 6 heteroatoms. The molecule has 5 nitrogen and oxygen atoms in total. The molecule has 0 atom stereocenters. The van der Waals surface area contributed by atoms with Crippen molar-refractivity contribution in [3.8, 4) is 0 Å². The zero-order chi connectivity index (χ0) is 11.8. The summed E-state index contributed by atoms with van der Waals surface area (Å²) in [7, 11) is 3.45. The van der Waals surface area contributed by atoms with E-state index in [1.54, 1.807) is 14.1 Å². The summed E-state index contributed by atoms with van der Waals surface area (Å²) in [6.45, 7) is 7.01. The molecule has 0 spiro atoms. The maximum atomic E-state index is 11.3. The first-order valence-electron chi connectivity index (χ1n) is 5.22. The fraction of sp³-hybridized carbons (Fsp3) is 0.800. The Morgan fingerprint density at radius 2 is 1.94 bits per heavy atom. The molecule has 0 aliphatic heterocycles. The van der Waals surface area contributed by atoms with Crippen LogP contribution in [0.25, 0.3) is 0 Å². The molecule has 0 aromatic carbocycles. The number of carbonyl (C=O) groups is 1. The van der Waals surface area contributed by atoms with Gasteiger partial charge >= 0.3 is 0 Å². The van der Waals surface area contributed by atoms with E-state index in [4.69, 9.17) is 0 Å². The number of halogens is 1. The molecule has 1 amide bonds. The molecule has 16 heavy (non-hydrogen) atoms. The number of amides is 1. The minimum atomic E-state index is -0.00374. The first kappa shape index (κ1) is 17.9. The van der Waals surface area contributed by atoms with E-state index in [1.807, 2.05) is 20.8 Å². The lowest BCUT2D eigenvalue weighted by molar-refractivity contribution is -0.127. The van der Waals surface area contributed by atoms with Gasteiger partial charge in [0.15, 0.2) is 5.96 Å². The Bertz CT molecular complexity index is 229. The molecule has 0 bridgehead atoms. The lowest BCUT2D eigenvalue weighted by Crippen LogP contribution is -2.41. The maximum Gasteiger partial charge on any atom is 0.243 e. The number of nitrogens with one attached hydrogen (secondary N) is 2. The third-order valence-corrected chi connectivity index (χ3v) is 1.64. The Balaban J connectivity index is 0. The quantitative estimate of drug-likeness (QED) is 0.448. The van der Waals surface area contributed by atoms with Crippen molar-refractivity contribution in [2.45, 2.75) is 26.8 Å². The first-order chi connectivity index (χ1) is 6.97. The van der Waals surface area contributed by atoms with Crippen LogP contribution in [0.2, 0.25) is 0 Å². The van der Waals surface area contributed by atoms with E-state index in [0.717, 1.165) is 6.54 Å². The van der Waals surface area contributed by atoms with Gasteiger partial charge in [-0.25, -0.2) is 4.99 Å². The average molecular weight is 342 g/mol. The van der Waals surface area contributed by atoms with Gasteiger partial charge < -0.3 is 15.5 Å². The van der Waals surface area contributed by atoms with Gasteiger partial charge in [-0.15, -0.1) is 24.0 Å². The second kappa shape index (κ2) is 9.68. The smallest absolute Gasteiger partial charge is 0.243 e. The van der Waals surface area contributed by atoms with Crippen LogP contribution in [0.4, 0.5) is 0 Å². The van der Waals surface area contributed by atoms with Crippen LogP contribution < -0.4 is 10.6 Å². The largest absolute Gasteiger partial charge is 0.357 e. The zero-order valence-corrected chi connectivity index (χ0v) is 13.0. The molecule has 0 saturated heterocycles. The van der Waals surface area contributed by atoms with E-state index in [9.17, 15) is 4.79 Å². The molecular formula is C10H23IN4O. The van der Waals surface area contributed by atoms with E-state index in [0.29, 0.717) is 12.0 Å². The van der Waals surface area contributed by atoms with Crippen LogP contribution in [0.15, 0.2) is 4.99 Å². The van der Waals surface area contributed by atoms with Crippen molar-refractivity contribution in [2.24, 2.45) is 4.99 Å². The first-order valence-corrected chi connectivity index (χ1v) is 5.22. The number of nitrogens with zero attached hydrogens (tertiary/aromatic N) is 2. The summed E-state index contributed by atoms with van der Waals surface area (Å²) in [4.78, 5) is 17.0. The number of carbonyl (C=O) groups excluding carboxylic acids is 1. The van der Waals surface area contributed by atoms with Crippen LogP contribution in [0.3, 0.4) is 0 Å². The molecule has 0 aromatic heterocycles. The second-order valence-corrected chi connectivity index (χ2v) is 3.78. The van der Waals surface area contributed by atoms with E-state index >= 15 is 0 Å².